The first-order valence-corrected chi connectivity index (χ1v) is 14.1. The standard InChI is InChI=1S/C16H17BrF2N2O4.C11H9BrF2N2O2/c1-16(2,3)25-15(22)24-7-6-23-14-10-8-9(17)4-5-11(10)20-13(21-14)12(18)19;12-6-1-2-8-7(5-6)11(18-4-3-17)16-10(15-8)9(13)14/h4-5,8,12H,6-7H2,1-3H3;1-2,5,9,17H,3-4H2. The lowest BCUT2D eigenvalue weighted by atomic mass is 10.2. The van der Waals surface area contributed by atoms with E-state index in [0.717, 1.165) is 8.95 Å². The number of aromatic nitrogens is 4. The highest BCUT2D eigenvalue weighted by Crippen LogP contribution is 2.30. The van der Waals surface area contributed by atoms with E-state index in [1.165, 1.54) is 0 Å². The first-order valence-electron chi connectivity index (χ1n) is 12.5. The Hall–Kier alpha value is -3.37. The number of halogens is 6. The first-order chi connectivity index (χ1) is 20.3. The van der Waals surface area contributed by atoms with Crippen molar-refractivity contribution in [3.05, 3.63) is 57.0 Å². The van der Waals surface area contributed by atoms with E-state index >= 15 is 0 Å². The second-order valence-corrected chi connectivity index (χ2v) is 11.3. The van der Waals surface area contributed by atoms with Gasteiger partial charge in [-0.05, 0) is 57.2 Å². The summed E-state index contributed by atoms with van der Waals surface area (Å²) in [5, 5.41) is 9.69. The molecule has 2 aromatic carbocycles. The van der Waals surface area contributed by atoms with E-state index in [1.54, 1.807) is 57.2 Å². The zero-order valence-corrected chi connectivity index (χ0v) is 26.2. The van der Waals surface area contributed by atoms with Crippen molar-refractivity contribution in [3.63, 3.8) is 0 Å². The summed E-state index contributed by atoms with van der Waals surface area (Å²) in [4.78, 5) is 26.4. The Morgan fingerprint density at radius 1 is 0.791 bits per heavy atom. The molecule has 2 heterocycles. The van der Waals surface area contributed by atoms with Crippen LogP contribution in [0.2, 0.25) is 0 Å². The molecule has 10 nitrogen and oxygen atoms in total. The molecule has 4 rings (SSSR count). The van der Waals surface area contributed by atoms with Gasteiger partial charge in [0.25, 0.3) is 12.9 Å². The van der Waals surface area contributed by atoms with Gasteiger partial charge in [-0.3, -0.25) is 0 Å². The summed E-state index contributed by atoms with van der Waals surface area (Å²) < 4.78 is 73.0. The summed E-state index contributed by atoms with van der Waals surface area (Å²) in [6, 6.07) is 9.89. The highest BCUT2D eigenvalue weighted by molar-refractivity contribution is 9.10. The van der Waals surface area contributed by atoms with Crippen molar-refractivity contribution < 1.29 is 46.4 Å². The lowest BCUT2D eigenvalue weighted by molar-refractivity contribution is -0.0115. The third-order valence-electron chi connectivity index (χ3n) is 4.93. The maximum absolute atomic E-state index is 12.9. The van der Waals surface area contributed by atoms with Crippen molar-refractivity contribution in [1.29, 1.82) is 0 Å². The van der Waals surface area contributed by atoms with E-state index in [0.29, 0.717) is 21.8 Å². The van der Waals surface area contributed by atoms with E-state index < -0.39 is 36.3 Å². The molecule has 0 fully saturated rings. The minimum absolute atomic E-state index is 0.00520. The van der Waals surface area contributed by atoms with Crippen LogP contribution >= 0.6 is 31.9 Å². The number of ether oxygens (including phenoxy) is 4. The summed E-state index contributed by atoms with van der Waals surface area (Å²) in [6.07, 6.45) is -6.43. The smallest absolute Gasteiger partial charge is 0.475 e. The number of alkyl halides is 4. The number of fused-ring (bicyclic) bond motifs is 2. The molecule has 2 aromatic heterocycles. The summed E-state index contributed by atoms with van der Waals surface area (Å²) in [6.45, 7) is 4.72. The van der Waals surface area contributed by atoms with Gasteiger partial charge in [-0.15, -0.1) is 0 Å². The third kappa shape index (κ3) is 10.4. The van der Waals surface area contributed by atoms with Gasteiger partial charge in [0, 0.05) is 8.95 Å². The van der Waals surface area contributed by atoms with Gasteiger partial charge >= 0.3 is 6.16 Å². The molecule has 0 aliphatic rings. The van der Waals surface area contributed by atoms with Gasteiger partial charge in [0.15, 0.2) is 11.6 Å². The minimum atomic E-state index is -2.83. The average molecular weight is 738 g/mol. The molecule has 0 saturated carbocycles. The molecule has 1 N–H and O–H groups in total. The fourth-order valence-electron chi connectivity index (χ4n) is 3.28. The van der Waals surface area contributed by atoms with Gasteiger partial charge in [0.1, 0.15) is 25.4 Å². The van der Waals surface area contributed by atoms with Gasteiger partial charge in [0.05, 0.1) is 28.4 Å². The van der Waals surface area contributed by atoms with Crippen molar-refractivity contribution in [2.75, 3.05) is 26.4 Å². The number of aliphatic hydroxyl groups excluding tert-OH is 1. The number of hydrogen-bond donors (Lipinski definition) is 1. The fourth-order valence-corrected chi connectivity index (χ4v) is 4.00. The van der Waals surface area contributed by atoms with Gasteiger partial charge < -0.3 is 24.1 Å². The molecule has 0 amide bonds. The Morgan fingerprint density at radius 3 is 1.67 bits per heavy atom. The van der Waals surface area contributed by atoms with E-state index in [4.69, 9.17) is 24.1 Å². The van der Waals surface area contributed by atoms with Crippen LogP contribution in [0.1, 0.15) is 45.3 Å². The molecule has 0 radical (unpaired) electrons. The van der Waals surface area contributed by atoms with Crippen LogP contribution in [-0.4, -0.2) is 63.2 Å². The summed E-state index contributed by atoms with van der Waals surface area (Å²) in [7, 11) is 0. The number of rotatable bonds is 9. The molecular weight excluding hydrogens is 712 g/mol. The second kappa shape index (κ2) is 15.4. The van der Waals surface area contributed by atoms with Crippen molar-refractivity contribution in [1.82, 2.24) is 19.9 Å². The SMILES string of the molecule is CC(C)(C)OC(=O)OCCOc1nc(C(F)F)nc2ccc(Br)cc12.OCCOc1nc(C(F)F)nc2ccc(Br)cc12. The molecule has 0 atom stereocenters. The summed E-state index contributed by atoms with van der Waals surface area (Å²) in [5.41, 5.74) is 0.0344. The van der Waals surface area contributed by atoms with Crippen molar-refractivity contribution in [2.24, 2.45) is 0 Å². The van der Waals surface area contributed by atoms with Crippen LogP contribution in [-0.2, 0) is 9.47 Å². The number of carbonyl (C=O) groups excluding carboxylic acids is 1. The first kappa shape index (κ1) is 34.1. The molecule has 43 heavy (non-hydrogen) atoms. The molecule has 0 saturated heterocycles. The zero-order valence-electron chi connectivity index (χ0n) is 23.0. The van der Waals surface area contributed by atoms with Crippen LogP contribution in [0.3, 0.4) is 0 Å². The largest absolute Gasteiger partial charge is 0.508 e. The highest BCUT2D eigenvalue weighted by Gasteiger charge is 2.19. The van der Waals surface area contributed by atoms with Crippen LogP contribution in [0.25, 0.3) is 21.8 Å². The second-order valence-electron chi connectivity index (χ2n) is 9.43. The average Bonchev–Trinajstić information content (AvgIpc) is 2.93. The fraction of sp³-hybridized carbons (Fsp3) is 0.370. The van der Waals surface area contributed by atoms with E-state index in [9.17, 15) is 22.4 Å². The topological polar surface area (TPSA) is 126 Å². The minimum Gasteiger partial charge on any atom is -0.475 e. The Balaban J connectivity index is 0.000000248. The van der Waals surface area contributed by atoms with Crippen molar-refractivity contribution in [3.8, 4) is 11.8 Å². The van der Waals surface area contributed by atoms with Crippen molar-refractivity contribution in [2.45, 2.75) is 39.2 Å². The van der Waals surface area contributed by atoms with Gasteiger partial charge in [-0.25, -0.2) is 32.3 Å². The summed E-state index contributed by atoms with van der Waals surface area (Å²) in [5.74, 6) is -1.17. The number of benzene rings is 2. The molecular formula is C27H26Br2F4N4O6. The maximum atomic E-state index is 12.9. The molecule has 232 valence electrons. The zero-order chi connectivity index (χ0) is 31.7. The van der Waals surface area contributed by atoms with Gasteiger partial charge in [0.2, 0.25) is 11.8 Å². The van der Waals surface area contributed by atoms with Gasteiger partial charge in [-0.1, -0.05) is 31.9 Å². The number of nitrogens with zero attached hydrogens (tertiary/aromatic N) is 4. The lowest BCUT2D eigenvalue weighted by Crippen LogP contribution is -2.25. The molecule has 0 aliphatic carbocycles. The van der Waals surface area contributed by atoms with Crippen LogP contribution in [0, 0.1) is 0 Å². The van der Waals surface area contributed by atoms with E-state index in [-0.39, 0.29) is 38.2 Å². The highest BCUT2D eigenvalue weighted by atomic mass is 79.9. The van der Waals surface area contributed by atoms with Crippen LogP contribution in [0.4, 0.5) is 22.4 Å². The predicted molar refractivity (Wildman–Crippen MR) is 155 cm³/mol. The van der Waals surface area contributed by atoms with Crippen molar-refractivity contribution >= 4 is 59.8 Å². The molecule has 0 unspecified atom stereocenters. The molecule has 0 aliphatic heterocycles. The normalized spacial score (nSPS) is 11.4. The lowest BCUT2D eigenvalue weighted by Gasteiger charge is -2.18. The number of carbonyl (C=O) groups is 1. The van der Waals surface area contributed by atoms with Crippen LogP contribution in [0.5, 0.6) is 11.8 Å². The van der Waals surface area contributed by atoms with E-state index in [1.807, 2.05) is 0 Å². The Morgan fingerprint density at radius 2 is 1.26 bits per heavy atom. The molecule has 16 heteroatoms. The Labute approximate surface area is 260 Å². The van der Waals surface area contributed by atoms with Crippen LogP contribution < -0.4 is 9.47 Å². The maximum Gasteiger partial charge on any atom is 0.508 e. The number of hydrogen-bond acceptors (Lipinski definition) is 10. The van der Waals surface area contributed by atoms with E-state index in [2.05, 4.69) is 51.8 Å². The molecule has 4 aromatic rings. The Kier molecular flexibility index (Phi) is 12.2. The summed E-state index contributed by atoms with van der Waals surface area (Å²) >= 11 is 6.57. The Bertz CT molecular complexity index is 1560. The van der Waals surface area contributed by atoms with Crippen LogP contribution in [0.15, 0.2) is 45.3 Å². The predicted octanol–water partition coefficient (Wildman–Crippen LogP) is 7.36. The monoisotopic (exact) mass is 736 g/mol. The number of aliphatic hydroxyl groups is 1. The molecule has 0 spiro atoms. The molecule has 0 bridgehead atoms. The van der Waals surface area contributed by atoms with Gasteiger partial charge in [-0.2, -0.15) is 9.97 Å². The quantitative estimate of drug-likeness (QED) is 0.106. The third-order valence-corrected chi connectivity index (χ3v) is 5.92.